The monoisotopic (exact) mass is 241 g/mol. The average molecular weight is 242 g/mol. The summed E-state index contributed by atoms with van der Waals surface area (Å²) in [6, 6.07) is 5.49. The van der Waals surface area contributed by atoms with Crippen LogP contribution in [0.15, 0.2) is 34.5 Å². The van der Waals surface area contributed by atoms with Gasteiger partial charge in [-0.15, -0.1) is 0 Å². The second-order valence-electron chi connectivity index (χ2n) is 3.07. The van der Waals surface area contributed by atoms with Crippen molar-refractivity contribution in [3.63, 3.8) is 0 Å². The number of pyridine rings is 1. The summed E-state index contributed by atoms with van der Waals surface area (Å²) in [6.07, 6.45) is 1.16. The Labute approximate surface area is 86.4 Å². The minimum atomic E-state index is -0.609. The number of hydrogen-bond acceptors (Lipinski definition) is 2. The van der Waals surface area contributed by atoms with Crippen molar-refractivity contribution in [2.45, 2.75) is 20.0 Å². The quantitative estimate of drug-likeness (QED) is 0.639. The third kappa shape index (κ3) is 3.28. The molecule has 70 valence electrons. The molecule has 0 aromatic carbocycles. The molecule has 1 N–H and O–H groups in total. The largest absolute Gasteiger partial charge is 0.383 e. The summed E-state index contributed by atoms with van der Waals surface area (Å²) in [7, 11) is 0. The van der Waals surface area contributed by atoms with Crippen LogP contribution in [0.1, 0.15) is 25.6 Å². The van der Waals surface area contributed by atoms with Crippen LogP contribution in [0.5, 0.6) is 0 Å². The maximum absolute atomic E-state index is 9.66. The van der Waals surface area contributed by atoms with Crippen LogP contribution in [0.2, 0.25) is 0 Å². The minimum absolute atomic E-state index is 0.609. The van der Waals surface area contributed by atoms with E-state index in [2.05, 4.69) is 20.9 Å². The summed E-state index contributed by atoms with van der Waals surface area (Å²) in [4.78, 5) is 4.15. The number of rotatable bonds is 2. The lowest BCUT2D eigenvalue weighted by molar-refractivity contribution is 0.222. The molecule has 13 heavy (non-hydrogen) atoms. The van der Waals surface area contributed by atoms with E-state index in [-0.39, 0.29) is 0 Å². The van der Waals surface area contributed by atoms with E-state index >= 15 is 0 Å². The van der Waals surface area contributed by atoms with E-state index in [1.807, 2.05) is 26.0 Å². The van der Waals surface area contributed by atoms with Crippen LogP contribution in [0, 0.1) is 0 Å². The molecule has 0 fully saturated rings. The van der Waals surface area contributed by atoms with Gasteiger partial charge in [0.05, 0.1) is 5.69 Å². The molecule has 0 saturated heterocycles. The van der Waals surface area contributed by atoms with E-state index in [1.54, 1.807) is 12.1 Å². The predicted molar refractivity (Wildman–Crippen MR) is 56.3 cm³/mol. The molecule has 1 rings (SSSR count). The number of nitrogens with zero attached hydrogens (tertiary/aromatic N) is 1. The Balaban J connectivity index is 2.89. The van der Waals surface area contributed by atoms with Gasteiger partial charge in [-0.1, -0.05) is 17.7 Å². The third-order valence-electron chi connectivity index (χ3n) is 1.53. The lowest BCUT2D eigenvalue weighted by Crippen LogP contribution is -1.97. The van der Waals surface area contributed by atoms with E-state index in [1.165, 1.54) is 0 Å². The standard InChI is InChI=1S/C10H12BrNO/c1-7(2)6-9(13)8-4-3-5-10(11)12-8/h3-6,9,13H,1-2H3. The van der Waals surface area contributed by atoms with Crippen LogP contribution >= 0.6 is 15.9 Å². The molecule has 1 unspecified atom stereocenters. The summed E-state index contributed by atoms with van der Waals surface area (Å²) in [5.41, 5.74) is 1.74. The predicted octanol–water partition coefficient (Wildman–Crippen LogP) is 2.84. The highest BCUT2D eigenvalue weighted by molar-refractivity contribution is 9.10. The van der Waals surface area contributed by atoms with E-state index in [9.17, 15) is 5.11 Å². The Morgan fingerprint density at radius 2 is 2.23 bits per heavy atom. The zero-order valence-electron chi connectivity index (χ0n) is 7.66. The smallest absolute Gasteiger partial charge is 0.114 e. The Kier molecular flexibility index (Phi) is 3.63. The fourth-order valence-electron chi connectivity index (χ4n) is 0.990. The molecule has 0 amide bonds. The van der Waals surface area contributed by atoms with Crippen molar-refractivity contribution < 1.29 is 5.11 Å². The van der Waals surface area contributed by atoms with Crippen molar-refractivity contribution in [1.82, 2.24) is 4.98 Å². The van der Waals surface area contributed by atoms with Gasteiger partial charge >= 0.3 is 0 Å². The first-order valence-corrected chi connectivity index (χ1v) is 4.84. The van der Waals surface area contributed by atoms with E-state index in [0.29, 0.717) is 5.69 Å². The lowest BCUT2D eigenvalue weighted by Gasteiger charge is -2.05. The highest BCUT2D eigenvalue weighted by Crippen LogP contribution is 2.15. The molecule has 2 nitrogen and oxygen atoms in total. The van der Waals surface area contributed by atoms with Crippen molar-refractivity contribution in [3.8, 4) is 0 Å². The Bertz CT molecular complexity index is 318. The second-order valence-corrected chi connectivity index (χ2v) is 3.89. The number of aliphatic hydroxyl groups is 1. The summed E-state index contributed by atoms with van der Waals surface area (Å²) >= 11 is 3.25. The molecule has 1 aromatic rings. The van der Waals surface area contributed by atoms with Crippen molar-refractivity contribution in [2.75, 3.05) is 0 Å². The molecule has 0 aliphatic rings. The van der Waals surface area contributed by atoms with E-state index in [0.717, 1.165) is 10.2 Å². The maximum Gasteiger partial charge on any atom is 0.114 e. The molecule has 0 aliphatic carbocycles. The van der Waals surface area contributed by atoms with E-state index in [4.69, 9.17) is 0 Å². The van der Waals surface area contributed by atoms with Gasteiger partial charge in [0.2, 0.25) is 0 Å². The number of hydrogen-bond donors (Lipinski definition) is 1. The Morgan fingerprint density at radius 1 is 1.54 bits per heavy atom. The molecule has 1 heterocycles. The SMILES string of the molecule is CC(C)=CC(O)c1cccc(Br)n1. The molecule has 0 radical (unpaired) electrons. The Hall–Kier alpha value is -0.670. The first-order valence-electron chi connectivity index (χ1n) is 4.05. The molecule has 0 bridgehead atoms. The number of aromatic nitrogens is 1. The van der Waals surface area contributed by atoms with Gasteiger partial charge in [-0.25, -0.2) is 4.98 Å². The van der Waals surface area contributed by atoms with Crippen LogP contribution in [0.25, 0.3) is 0 Å². The molecular formula is C10H12BrNO. The fraction of sp³-hybridized carbons (Fsp3) is 0.300. The van der Waals surface area contributed by atoms with Gasteiger partial charge in [-0.05, 0) is 41.9 Å². The molecule has 0 aliphatic heterocycles. The second kappa shape index (κ2) is 4.53. The lowest BCUT2D eigenvalue weighted by atomic mass is 10.2. The van der Waals surface area contributed by atoms with Gasteiger partial charge in [-0.2, -0.15) is 0 Å². The summed E-state index contributed by atoms with van der Waals surface area (Å²) in [5, 5.41) is 9.66. The normalized spacial score (nSPS) is 12.3. The third-order valence-corrected chi connectivity index (χ3v) is 1.97. The number of halogens is 1. The number of allylic oxidation sites excluding steroid dienone is 1. The zero-order valence-corrected chi connectivity index (χ0v) is 9.25. The molecule has 0 saturated carbocycles. The molecule has 1 atom stereocenters. The molecule has 1 aromatic heterocycles. The van der Waals surface area contributed by atoms with Crippen molar-refractivity contribution in [2.24, 2.45) is 0 Å². The summed E-state index contributed by atoms with van der Waals surface area (Å²) in [6.45, 7) is 3.89. The van der Waals surface area contributed by atoms with Crippen LogP contribution in [-0.4, -0.2) is 10.1 Å². The molecular weight excluding hydrogens is 230 g/mol. The van der Waals surface area contributed by atoms with Gasteiger partial charge in [0.25, 0.3) is 0 Å². The van der Waals surface area contributed by atoms with Crippen LogP contribution in [-0.2, 0) is 0 Å². The van der Waals surface area contributed by atoms with Crippen LogP contribution in [0.4, 0.5) is 0 Å². The Morgan fingerprint density at radius 3 is 2.77 bits per heavy atom. The summed E-state index contributed by atoms with van der Waals surface area (Å²) in [5.74, 6) is 0. The molecule has 3 heteroatoms. The minimum Gasteiger partial charge on any atom is -0.383 e. The highest BCUT2D eigenvalue weighted by atomic mass is 79.9. The van der Waals surface area contributed by atoms with Crippen LogP contribution in [0.3, 0.4) is 0 Å². The topological polar surface area (TPSA) is 33.1 Å². The van der Waals surface area contributed by atoms with Gasteiger partial charge in [-0.3, -0.25) is 0 Å². The average Bonchev–Trinajstić information content (AvgIpc) is 2.03. The first kappa shape index (κ1) is 10.4. The molecule has 0 spiro atoms. The first-order chi connectivity index (χ1) is 6.09. The van der Waals surface area contributed by atoms with Gasteiger partial charge in [0, 0.05) is 0 Å². The van der Waals surface area contributed by atoms with Gasteiger partial charge in [0.1, 0.15) is 10.7 Å². The summed E-state index contributed by atoms with van der Waals surface area (Å²) < 4.78 is 0.742. The van der Waals surface area contributed by atoms with Gasteiger partial charge in [0.15, 0.2) is 0 Å². The van der Waals surface area contributed by atoms with Crippen LogP contribution < -0.4 is 0 Å². The zero-order chi connectivity index (χ0) is 9.84. The van der Waals surface area contributed by atoms with Crippen molar-refractivity contribution in [1.29, 1.82) is 0 Å². The van der Waals surface area contributed by atoms with Gasteiger partial charge < -0.3 is 5.11 Å². The maximum atomic E-state index is 9.66. The van der Waals surface area contributed by atoms with Crippen molar-refractivity contribution >= 4 is 15.9 Å². The van der Waals surface area contributed by atoms with E-state index < -0.39 is 6.10 Å². The fourth-order valence-corrected chi connectivity index (χ4v) is 1.35. The highest BCUT2D eigenvalue weighted by Gasteiger charge is 2.04. The number of aliphatic hydroxyl groups excluding tert-OH is 1. The van der Waals surface area contributed by atoms with Crippen molar-refractivity contribution in [3.05, 3.63) is 40.1 Å².